The van der Waals surface area contributed by atoms with E-state index in [0.717, 1.165) is 37.4 Å². The molecule has 3 aromatic rings. The fourth-order valence-corrected chi connectivity index (χ4v) is 3.47. The molecule has 0 saturated heterocycles. The highest BCUT2D eigenvalue weighted by molar-refractivity contribution is 5.30. The lowest BCUT2D eigenvalue weighted by atomic mass is 10.0. The molecule has 2 aromatic heterocycles. The number of fused-ring (bicyclic) bond motifs is 1. The first kappa shape index (κ1) is 14.3. The topological polar surface area (TPSA) is 21.3 Å². The summed E-state index contributed by atoms with van der Waals surface area (Å²) in [5, 5.41) is 0. The number of halogens is 1. The average molecular weight is 310 g/mol. The maximum absolute atomic E-state index is 13.8. The van der Waals surface area contributed by atoms with Gasteiger partial charge in [0.25, 0.3) is 0 Å². The van der Waals surface area contributed by atoms with Crippen molar-refractivity contribution in [2.24, 2.45) is 0 Å². The van der Waals surface area contributed by atoms with Crippen LogP contribution in [0.1, 0.15) is 29.5 Å². The summed E-state index contributed by atoms with van der Waals surface area (Å²) in [6.07, 6.45) is 4.87. The zero-order valence-electron chi connectivity index (χ0n) is 12.9. The van der Waals surface area contributed by atoms with Gasteiger partial charge < -0.3 is 8.98 Å². The molecule has 0 aliphatic carbocycles. The summed E-state index contributed by atoms with van der Waals surface area (Å²) >= 11 is 0. The van der Waals surface area contributed by atoms with Crippen molar-refractivity contribution in [2.75, 3.05) is 6.54 Å². The third-order valence-corrected chi connectivity index (χ3v) is 4.46. The highest BCUT2D eigenvalue weighted by atomic mass is 19.1. The summed E-state index contributed by atoms with van der Waals surface area (Å²) < 4.78 is 21.6. The second kappa shape index (κ2) is 6.05. The second-order valence-corrected chi connectivity index (χ2v) is 5.99. The summed E-state index contributed by atoms with van der Waals surface area (Å²) in [6, 6.07) is 15.1. The van der Waals surface area contributed by atoms with Crippen LogP contribution >= 0.6 is 0 Å². The van der Waals surface area contributed by atoms with Crippen LogP contribution in [0.3, 0.4) is 0 Å². The molecule has 0 spiro atoms. The molecule has 1 aliphatic rings. The Bertz CT molecular complexity index is 778. The minimum absolute atomic E-state index is 0.0355. The van der Waals surface area contributed by atoms with E-state index in [1.807, 2.05) is 18.2 Å². The lowest BCUT2D eigenvalue weighted by Crippen LogP contribution is -2.29. The quantitative estimate of drug-likeness (QED) is 0.722. The molecule has 0 N–H and O–H groups in total. The summed E-state index contributed by atoms with van der Waals surface area (Å²) in [6.45, 7) is 2.66. The van der Waals surface area contributed by atoms with Crippen LogP contribution in [-0.4, -0.2) is 16.0 Å². The van der Waals surface area contributed by atoms with Gasteiger partial charge in [-0.3, -0.25) is 4.90 Å². The summed E-state index contributed by atoms with van der Waals surface area (Å²) in [7, 11) is 0. The van der Waals surface area contributed by atoms with Crippen molar-refractivity contribution in [3.63, 3.8) is 0 Å². The van der Waals surface area contributed by atoms with E-state index in [9.17, 15) is 4.39 Å². The second-order valence-electron chi connectivity index (χ2n) is 5.99. The number of furan rings is 1. The molecule has 0 unspecified atom stereocenters. The standard InChI is InChI=1S/C19H19FN2O/c20-16-6-1-5-15(13-16)19-18-8-2-9-21(18)10-4-11-22(19)14-17-7-3-12-23-17/h1-3,5-9,12-13,19H,4,10-11,14H2/t19-/m0/s1. The van der Waals surface area contributed by atoms with Crippen molar-refractivity contribution in [1.29, 1.82) is 0 Å². The van der Waals surface area contributed by atoms with Gasteiger partial charge >= 0.3 is 0 Å². The monoisotopic (exact) mass is 310 g/mol. The smallest absolute Gasteiger partial charge is 0.123 e. The van der Waals surface area contributed by atoms with E-state index in [0.29, 0.717) is 0 Å². The molecule has 0 amide bonds. The van der Waals surface area contributed by atoms with Crippen molar-refractivity contribution in [3.05, 3.63) is 83.8 Å². The molecule has 0 bridgehead atoms. The minimum Gasteiger partial charge on any atom is -0.468 e. The van der Waals surface area contributed by atoms with Crippen LogP contribution in [0.15, 0.2) is 65.4 Å². The fourth-order valence-electron chi connectivity index (χ4n) is 3.47. The highest BCUT2D eigenvalue weighted by Crippen LogP contribution is 2.33. The summed E-state index contributed by atoms with van der Waals surface area (Å²) in [4.78, 5) is 2.37. The Kier molecular flexibility index (Phi) is 3.75. The van der Waals surface area contributed by atoms with Crippen LogP contribution in [0.4, 0.5) is 4.39 Å². The number of aromatic nitrogens is 1. The third kappa shape index (κ3) is 2.82. The summed E-state index contributed by atoms with van der Waals surface area (Å²) in [5.74, 6) is 0.745. The van der Waals surface area contributed by atoms with Gasteiger partial charge in [0.15, 0.2) is 0 Å². The van der Waals surface area contributed by atoms with Gasteiger partial charge in [0.05, 0.1) is 18.8 Å². The molecule has 3 nitrogen and oxygen atoms in total. The molecular weight excluding hydrogens is 291 g/mol. The van der Waals surface area contributed by atoms with Crippen LogP contribution in [0.5, 0.6) is 0 Å². The highest BCUT2D eigenvalue weighted by Gasteiger charge is 2.28. The van der Waals surface area contributed by atoms with Gasteiger partial charge in [-0.25, -0.2) is 4.39 Å². The number of hydrogen-bond acceptors (Lipinski definition) is 2. The summed E-state index contributed by atoms with van der Waals surface area (Å²) in [5.41, 5.74) is 2.19. The molecule has 1 aliphatic heterocycles. The predicted molar refractivity (Wildman–Crippen MR) is 86.4 cm³/mol. The van der Waals surface area contributed by atoms with Gasteiger partial charge in [-0.05, 0) is 48.4 Å². The molecule has 23 heavy (non-hydrogen) atoms. The van der Waals surface area contributed by atoms with Crippen molar-refractivity contribution in [3.8, 4) is 0 Å². The number of hydrogen-bond donors (Lipinski definition) is 0. The Labute approximate surface area is 135 Å². The fraction of sp³-hybridized carbons (Fsp3) is 0.263. The van der Waals surface area contributed by atoms with Crippen LogP contribution in [-0.2, 0) is 13.1 Å². The van der Waals surface area contributed by atoms with E-state index in [-0.39, 0.29) is 11.9 Å². The van der Waals surface area contributed by atoms with E-state index >= 15 is 0 Å². The molecule has 1 atom stereocenters. The molecule has 0 fully saturated rings. The van der Waals surface area contributed by atoms with Crippen LogP contribution in [0, 0.1) is 5.82 Å². The Morgan fingerprint density at radius 3 is 2.87 bits per heavy atom. The van der Waals surface area contributed by atoms with Gasteiger partial charge in [-0.1, -0.05) is 12.1 Å². The van der Waals surface area contributed by atoms with Crippen molar-refractivity contribution in [1.82, 2.24) is 9.47 Å². The van der Waals surface area contributed by atoms with E-state index < -0.39 is 0 Å². The van der Waals surface area contributed by atoms with E-state index in [1.165, 1.54) is 11.8 Å². The number of rotatable bonds is 3. The molecule has 3 heterocycles. The predicted octanol–water partition coefficient (Wildman–Crippen LogP) is 4.22. The van der Waals surface area contributed by atoms with E-state index in [4.69, 9.17) is 4.42 Å². The van der Waals surface area contributed by atoms with Crippen LogP contribution in [0.2, 0.25) is 0 Å². The lowest BCUT2D eigenvalue weighted by Gasteiger charge is -2.29. The van der Waals surface area contributed by atoms with Crippen LogP contribution in [0.25, 0.3) is 0 Å². The maximum Gasteiger partial charge on any atom is 0.123 e. The first-order valence-corrected chi connectivity index (χ1v) is 7.98. The van der Waals surface area contributed by atoms with Gasteiger partial charge in [0.2, 0.25) is 0 Å². The molecule has 1 aromatic carbocycles. The molecular formula is C19H19FN2O. The molecule has 4 rings (SSSR count). The molecule has 0 radical (unpaired) electrons. The number of benzene rings is 1. The Morgan fingerprint density at radius 2 is 2.04 bits per heavy atom. The SMILES string of the molecule is Fc1cccc([C@H]2c3cccn3CCCN2Cc2ccco2)c1. The van der Waals surface area contributed by atoms with E-state index in [2.05, 4.69) is 27.8 Å². The third-order valence-electron chi connectivity index (χ3n) is 4.46. The zero-order chi connectivity index (χ0) is 15.6. The van der Waals surface area contributed by atoms with Crippen molar-refractivity contribution >= 4 is 0 Å². The van der Waals surface area contributed by atoms with Crippen molar-refractivity contribution in [2.45, 2.75) is 25.6 Å². The average Bonchev–Trinajstić information content (AvgIpc) is 3.17. The zero-order valence-corrected chi connectivity index (χ0v) is 12.9. The first-order chi connectivity index (χ1) is 11.3. The Hall–Kier alpha value is -2.33. The van der Waals surface area contributed by atoms with Gasteiger partial charge in [0.1, 0.15) is 11.6 Å². The minimum atomic E-state index is -0.192. The molecule has 118 valence electrons. The normalized spacial score (nSPS) is 18.6. The van der Waals surface area contributed by atoms with Gasteiger partial charge in [-0.2, -0.15) is 0 Å². The van der Waals surface area contributed by atoms with Gasteiger partial charge in [-0.15, -0.1) is 0 Å². The van der Waals surface area contributed by atoms with Gasteiger partial charge in [0, 0.05) is 25.0 Å². The Morgan fingerprint density at radius 1 is 1.09 bits per heavy atom. The maximum atomic E-state index is 13.8. The number of nitrogens with zero attached hydrogens (tertiary/aromatic N) is 2. The number of aryl methyl sites for hydroxylation is 1. The lowest BCUT2D eigenvalue weighted by molar-refractivity contribution is 0.203. The largest absolute Gasteiger partial charge is 0.468 e. The van der Waals surface area contributed by atoms with E-state index in [1.54, 1.807) is 18.4 Å². The first-order valence-electron chi connectivity index (χ1n) is 7.98. The Balaban J connectivity index is 1.77. The molecule has 4 heteroatoms. The van der Waals surface area contributed by atoms with Crippen molar-refractivity contribution < 1.29 is 8.81 Å². The van der Waals surface area contributed by atoms with Crippen LogP contribution < -0.4 is 0 Å². The molecule has 0 saturated carbocycles.